The van der Waals surface area contributed by atoms with Crippen molar-refractivity contribution in [3.05, 3.63) is 58.3 Å². The lowest BCUT2D eigenvalue weighted by atomic mass is 10.0. The second-order valence-electron chi connectivity index (χ2n) is 6.57. The number of halogens is 1. The van der Waals surface area contributed by atoms with Crippen molar-refractivity contribution in [1.82, 2.24) is 19.7 Å². The molecule has 3 rings (SSSR count). The molecule has 3 aromatic rings. The first-order chi connectivity index (χ1) is 14.3. The van der Waals surface area contributed by atoms with Crippen LogP contribution in [0.2, 0.25) is 0 Å². The molecule has 4 N–H and O–H groups in total. The summed E-state index contributed by atoms with van der Waals surface area (Å²) in [7, 11) is 1.83. The summed E-state index contributed by atoms with van der Waals surface area (Å²) in [6, 6.07) is 9.08. The summed E-state index contributed by atoms with van der Waals surface area (Å²) in [5, 5.41) is 17.2. The molecule has 0 radical (unpaired) electrons. The van der Waals surface area contributed by atoms with Gasteiger partial charge in [0.15, 0.2) is 17.5 Å². The summed E-state index contributed by atoms with van der Waals surface area (Å²) in [5.41, 5.74) is 9.00. The summed E-state index contributed by atoms with van der Waals surface area (Å²) in [6.07, 6.45) is 1.32. The highest BCUT2D eigenvalue weighted by Gasteiger charge is 2.19. The average Bonchev–Trinajstić information content (AvgIpc) is 3.05. The minimum atomic E-state index is -0.850. The Labute approximate surface area is 172 Å². The van der Waals surface area contributed by atoms with E-state index in [9.17, 15) is 9.65 Å². The van der Waals surface area contributed by atoms with E-state index in [0.29, 0.717) is 16.7 Å². The molecule has 0 fully saturated rings. The van der Waals surface area contributed by atoms with Crippen LogP contribution in [0.1, 0.15) is 28.2 Å². The van der Waals surface area contributed by atoms with Crippen LogP contribution in [0.3, 0.4) is 0 Å². The fraction of sp³-hybridized carbons (Fsp3) is 0.200. The van der Waals surface area contributed by atoms with Crippen LogP contribution >= 0.6 is 0 Å². The van der Waals surface area contributed by atoms with E-state index in [1.54, 1.807) is 29.8 Å². The maximum atomic E-state index is 14.7. The van der Waals surface area contributed by atoms with Gasteiger partial charge in [-0.05, 0) is 31.5 Å². The fourth-order valence-corrected chi connectivity index (χ4v) is 2.85. The lowest BCUT2D eigenvalue weighted by Crippen LogP contribution is -2.15. The largest absolute Gasteiger partial charge is 0.381 e. The van der Waals surface area contributed by atoms with Gasteiger partial charge in [-0.2, -0.15) is 15.5 Å². The fourth-order valence-electron chi connectivity index (χ4n) is 2.85. The number of aryl methyl sites for hydroxylation is 2. The number of nitriles is 1. The molecule has 0 atom stereocenters. The Bertz CT molecular complexity index is 1180. The molecule has 0 saturated heterocycles. The van der Waals surface area contributed by atoms with E-state index >= 15 is 0 Å². The molecule has 0 bridgehead atoms. The van der Waals surface area contributed by atoms with Gasteiger partial charge in [0.05, 0.1) is 30.1 Å². The number of nitrogen functional groups attached to an aromatic ring is 1. The topological polar surface area (TPSA) is 144 Å². The SMILES string of the molecule is Cc1c(C#N)cccc1-c1nc(N)c(F)c(C(C=NCc2cc(C)n(C)n2)=NN)n1. The third-order valence-corrected chi connectivity index (χ3v) is 4.58. The summed E-state index contributed by atoms with van der Waals surface area (Å²) >= 11 is 0. The molecular weight excluding hydrogens is 385 g/mol. The number of nitrogens with zero attached hydrogens (tertiary/aromatic N) is 7. The van der Waals surface area contributed by atoms with Crippen LogP contribution in [0.4, 0.5) is 10.2 Å². The highest BCUT2D eigenvalue weighted by atomic mass is 19.1. The van der Waals surface area contributed by atoms with E-state index in [2.05, 4.69) is 31.2 Å². The number of aromatic nitrogens is 4. The highest BCUT2D eigenvalue weighted by molar-refractivity contribution is 6.37. The van der Waals surface area contributed by atoms with Gasteiger partial charge >= 0.3 is 0 Å². The van der Waals surface area contributed by atoms with Gasteiger partial charge in [-0.15, -0.1) is 0 Å². The maximum absolute atomic E-state index is 14.7. The Morgan fingerprint density at radius 3 is 2.73 bits per heavy atom. The third-order valence-electron chi connectivity index (χ3n) is 4.58. The smallest absolute Gasteiger partial charge is 0.193 e. The van der Waals surface area contributed by atoms with E-state index in [-0.39, 0.29) is 29.6 Å². The van der Waals surface area contributed by atoms with Crippen LogP contribution < -0.4 is 11.6 Å². The summed E-state index contributed by atoms with van der Waals surface area (Å²) in [5.74, 6) is 4.42. The molecule has 0 spiro atoms. The first-order valence-electron chi connectivity index (χ1n) is 8.96. The van der Waals surface area contributed by atoms with Crippen LogP contribution in [0.25, 0.3) is 11.4 Å². The molecule has 2 heterocycles. The van der Waals surface area contributed by atoms with Crippen molar-refractivity contribution >= 4 is 17.7 Å². The van der Waals surface area contributed by atoms with Crippen LogP contribution in [0.5, 0.6) is 0 Å². The lowest BCUT2D eigenvalue weighted by Gasteiger charge is -2.10. The Hall–Kier alpha value is -4.13. The van der Waals surface area contributed by atoms with E-state index in [1.165, 1.54) is 6.21 Å². The van der Waals surface area contributed by atoms with Crippen LogP contribution in [0.15, 0.2) is 34.4 Å². The molecular formula is C20H20FN9. The number of benzene rings is 1. The van der Waals surface area contributed by atoms with Gasteiger partial charge in [-0.1, -0.05) is 12.1 Å². The monoisotopic (exact) mass is 405 g/mol. The van der Waals surface area contributed by atoms with Gasteiger partial charge < -0.3 is 11.6 Å². The molecule has 2 aromatic heterocycles. The zero-order chi connectivity index (χ0) is 21.8. The second-order valence-corrected chi connectivity index (χ2v) is 6.57. The Kier molecular flexibility index (Phi) is 5.83. The number of aliphatic imine (C=N–C) groups is 1. The molecule has 0 aliphatic rings. The standard InChI is InChI=1S/C20H20FN9/c1-11-7-14(29-30(11)3)9-25-10-16(28-24)18-17(21)19(23)27-20(26-18)15-6-4-5-13(8-22)12(15)2/h4-7,10H,9,24H2,1-3H3,(H2,23,26,27). The van der Waals surface area contributed by atoms with E-state index in [1.807, 2.05) is 20.0 Å². The molecule has 10 heteroatoms. The summed E-state index contributed by atoms with van der Waals surface area (Å²) < 4.78 is 16.4. The van der Waals surface area contributed by atoms with Crippen molar-refractivity contribution in [3.63, 3.8) is 0 Å². The van der Waals surface area contributed by atoms with Crippen LogP contribution in [0, 0.1) is 31.0 Å². The summed E-state index contributed by atoms with van der Waals surface area (Å²) in [4.78, 5) is 12.5. The predicted molar refractivity (Wildman–Crippen MR) is 112 cm³/mol. The number of anilines is 1. The number of hydrogen-bond donors (Lipinski definition) is 2. The van der Waals surface area contributed by atoms with Crippen molar-refractivity contribution in [1.29, 1.82) is 5.26 Å². The molecule has 0 amide bonds. The lowest BCUT2D eigenvalue weighted by molar-refractivity contribution is 0.617. The van der Waals surface area contributed by atoms with Gasteiger partial charge in [0.1, 0.15) is 11.4 Å². The zero-order valence-electron chi connectivity index (χ0n) is 16.8. The van der Waals surface area contributed by atoms with Crippen molar-refractivity contribution in [2.24, 2.45) is 23.0 Å². The Balaban J connectivity index is 1.98. The van der Waals surface area contributed by atoms with E-state index in [4.69, 9.17) is 11.6 Å². The molecule has 0 aliphatic heterocycles. The van der Waals surface area contributed by atoms with Gasteiger partial charge in [-0.25, -0.2) is 14.4 Å². The molecule has 1 aromatic carbocycles. The highest BCUT2D eigenvalue weighted by Crippen LogP contribution is 2.25. The molecule has 0 saturated carbocycles. The normalized spacial score (nSPS) is 11.8. The van der Waals surface area contributed by atoms with Crippen molar-refractivity contribution in [2.45, 2.75) is 20.4 Å². The zero-order valence-corrected chi connectivity index (χ0v) is 16.8. The van der Waals surface area contributed by atoms with Crippen molar-refractivity contribution < 1.29 is 4.39 Å². The maximum Gasteiger partial charge on any atom is 0.193 e. The first-order valence-corrected chi connectivity index (χ1v) is 8.96. The van der Waals surface area contributed by atoms with E-state index in [0.717, 1.165) is 11.4 Å². The van der Waals surface area contributed by atoms with Crippen molar-refractivity contribution in [2.75, 3.05) is 5.73 Å². The quantitative estimate of drug-likeness (QED) is 0.377. The van der Waals surface area contributed by atoms with Gasteiger partial charge in [0.2, 0.25) is 0 Å². The predicted octanol–water partition coefficient (Wildman–Crippen LogP) is 2.02. The van der Waals surface area contributed by atoms with Crippen LogP contribution in [-0.2, 0) is 13.6 Å². The molecule has 0 aliphatic carbocycles. The van der Waals surface area contributed by atoms with Crippen LogP contribution in [-0.4, -0.2) is 31.7 Å². The molecule has 9 nitrogen and oxygen atoms in total. The van der Waals surface area contributed by atoms with Gasteiger partial charge in [0, 0.05) is 18.3 Å². The number of hydrazone groups is 1. The molecule has 30 heavy (non-hydrogen) atoms. The number of rotatable bonds is 5. The third kappa shape index (κ3) is 4.00. The Morgan fingerprint density at radius 2 is 2.10 bits per heavy atom. The van der Waals surface area contributed by atoms with Crippen molar-refractivity contribution in [3.8, 4) is 17.5 Å². The Morgan fingerprint density at radius 1 is 1.33 bits per heavy atom. The molecule has 0 unspecified atom stereocenters. The van der Waals surface area contributed by atoms with Gasteiger partial charge in [0.25, 0.3) is 0 Å². The minimum Gasteiger partial charge on any atom is -0.381 e. The minimum absolute atomic E-state index is 0.00425. The first kappa shape index (κ1) is 20.6. The van der Waals surface area contributed by atoms with Gasteiger partial charge in [-0.3, -0.25) is 9.67 Å². The molecule has 152 valence electrons. The second kappa shape index (κ2) is 8.48. The number of nitrogens with two attached hydrogens (primary N) is 2. The average molecular weight is 405 g/mol. The number of hydrogen-bond acceptors (Lipinski definition) is 8. The summed E-state index contributed by atoms with van der Waals surface area (Å²) in [6.45, 7) is 3.95. The van der Waals surface area contributed by atoms with E-state index < -0.39 is 5.82 Å².